The molecule has 0 amide bonds. The second-order valence-electron chi connectivity index (χ2n) is 6.26. The Hall–Kier alpha value is -2.97. The first-order valence-corrected chi connectivity index (χ1v) is 10.2. The zero-order valence-corrected chi connectivity index (χ0v) is 16.7. The van der Waals surface area contributed by atoms with Crippen LogP contribution in [-0.2, 0) is 0 Å². The van der Waals surface area contributed by atoms with Crippen molar-refractivity contribution in [3.8, 4) is 28.6 Å². The van der Waals surface area contributed by atoms with Crippen LogP contribution in [0.15, 0.2) is 54.2 Å². The Morgan fingerprint density at radius 3 is 2.90 bits per heavy atom. The van der Waals surface area contributed by atoms with E-state index in [0.717, 1.165) is 11.3 Å². The Morgan fingerprint density at radius 2 is 2.03 bits per heavy atom. The maximum atomic E-state index is 6.53. The summed E-state index contributed by atoms with van der Waals surface area (Å²) in [4.78, 5) is 4.57. The van der Waals surface area contributed by atoms with Gasteiger partial charge in [-0.2, -0.15) is 4.98 Å². The van der Waals surface area contributed by atoms with Crippen LogP contribution in [0, 0.1) is 0 Å². The normalized spacial score (nSPS) is 16.1. The van der Waals surface area contributed by atoms with E-state index in [1.54, 1.807) is 12.1 Å². The highest BCUT2D eigenvalue weighted by atomic mass is 35.5. The Kier molecular flexibility index (Phi) is 4.65. The van der Waals surface area contributed by atoms with Gasteiger partial charge < -0.3 is 19.5 Å². The molecule has 3 aromatic rings. The lowest BCUT2D eigenvalue weighted by Crippen LogP contribution is -2.17. The first-order chi connectivity index (χ1) is 14.2. The monoisotopic (exact) mass is 426 g/mol. The van der Waals surface area contributed by atoms with Crippen molar-refractivity contribution in [1.82, 2.24) is 15.2 Å². The van der Waals surface area contributed by atoms with Crippen LogP contribution in [0.25, 0.3) is 11.3 Å². The summed E-state index contributed by atoms with van der Waals surface area (Å²) < 4.78 is 17.1. The first kappa shape index (κ1) is 18.1. The number of nitrogens with zero attached hydrogens (tertiary/aromatic N) is 3. The molecule has 0 radical (unpaired) electrons. The summed E-state index contributed by atoms with van der Waals surface area (Å²) in [7, 11) is 0. The zero-order chi connectivity index (χ0) is 19.8. The Bertz CT molecular complexity index is 1110. The van der Waals surface area contributed by atoms with Gasteiger partial charge in [-0.25, -0.2) is 0 Å². The van der Waals surface area contributed by atoms with Crippen molar-refractivity contribution in [1.29, 1.82) is 0 Å². The van der Waals surface area contributed by atoms with Crippen LogP contribution in [0.2, 0.25) is 5.02 Å². The number of halogens is 1. The number of para-hydroxylation sites is 1. The fourth-order valence-corrected chi connectivity index (χ4v) is 3.88. The largest absolute Gasteiger partial charge is 0.454 e. The second kappa shape index (κ2) is 7.46. The van der Waals surface area contributed by atoms with E-state index in [9.17, 15) is 0 Å². The summed E-state index contributed by atoms with van der Waals surface area (Å²) in [5, 5.41) is 13.0. The number of benzene rings is 2. The molecule has 146 valence electrons. The van der Waals surface area contributed by atoms with Crippen molar-refractivity contribution in [2.75, 3.05) is 17.9 Å². The molecule has 0 saturated heterocycles. The number of aromatic nitrogens is 3. The maximum absolute atomic E-state index is 6.53. The van der Waals surface area contributed by atoms with Gasteiger partial charge >= 0.3 is 0 Å². The molecule has 2 aromatic carbocycles. The van der Waals surface area contributed by atoms with Crippen LogP contribution < -0.4 is 19.5 Å². The summed E-state index contributed by atoms with van der Waals surface area (Å²) in [6.07, 6.45) is 1.18. The molecule has 1 atom stereocenters. The number of nitrogens with one attached hydrogen (secondary N) is 1. The van der Waals surface area contributed by atoms with Crippen LogP contribution in [-0.4, -0.2) is 27.7 Å². The van der Waals surface area contributed by atoms with E-state index in [4.69, 9.17) is 25.8 Å². The lowest BCUT2D eigenvalue weighted by Gasteiger charge is -2.20. The molecule has 2 aliphatic rings. The molecule has 0 aliphatic carbocycles. The van der Waals surface area contributed by atoms with E-state index in [1.165, 1.54) is 11.8 Å². The molecule has 7 nitrogen and oxygen atoms in total. The number of hydrogen-bond donors (Lipinski definition) is 1. The van der Waals surface area contributed by atoms with Crippen molar-refractivity contribution < 1.29 is 14.2 Å². The van der Waals surface area contributed by atoms with E-state index in [0.29, 0.717) is 44.6 Å². The Balaban J connectivity index is 1.61. The minimum Gasteiger partial charge on any atom is -0.454 e. The van der Waals surface area contributed by atoms with Crippen molar-refractivity contribution in [3.63, 3.8) is 0 Å². The lowest BCUT2D eigenvalue weighted by atomic mass is 10.1. The predicted molar refractivity (Wildman–Crippen MR) is 111 cm³/mol. The number of hydrogen-bond acceptors (Lipinski definition) is 8. The van der Waals surface area contributed by atoms with Gasteiger partial charge in [0.25, 0.3) is 0 Å². The average Bonchev–Trinajstić information content (AvgIpc) is 3.12. The highest BCUT2D eigenvalue weighted by Gasteiger charge is 2.29. The molecule has 1 N–H and O–H groups in total. The first-order valence-electron chi connectivity index (χ1n) is 8.83. The molecular formula is C20H15ClN4O3S. The molecule has 0 saturated carbocycles. The van der Waals surface area contributed by atoms with Gasteiger partial charge in [0.2, 0.25) is 17.8 Å². The number of thioether (sulfide) groups is 1. The summed E-state index contributed by atoms with van der Waals surface area (Å²) in [6.45, 7) is 3.89. The van der Waals surface area contributed by atoms with E-state index in [2.05, 4.69) is 27.1 Å². The fraction of sp³-hybridized carbons (Fsp3) is 0.150. The van der Waals surface area contributed by atoms with E-state index in [1.807, 2.05) is 30.3 Å². The van der Waals surface area contributed by atoms with Gasteiger partial charge in [0.1, 0.15) is 0 Å². The molecular weight excluding hydrogens is 412 g/mol. The molecule has 0 spiro atoms. The lowest BCUT2D eigenvalue weighted by molar-refractivity contribution is 0.173. The van der Waals surface area contributed by atoms with Gasteiger partial charge in [-0.3, -0.25) is 0 Å². The minimum absolute atomic E-state index is 0.167. The number of fused-ring (bicyclic) bond motifs is 4. The number of anilines is 1. The molecule has 5 rings (SSSR count). The third-order valence-corrected chi connectivity index (χ3v) is 5.60. The average molecular weight is 427 g/mol. The van der Waals surface area contributed by atoms with Gasteiger partial charge in [-0.05, 0) is 12.1 Å². The predicted octanol–water partition coefficient (Wildman–Crippen LogP) is 4.70. The molecule has 29 heavy (non-hydrogen) atoms. The molecule has 9 heteroatoms. The molecule has 1 aromatic heterocycles. The quantitative estimate of drug-likeness (QED) is 0.475. The van der Waals surface area contributed by atoms with E-state index >= 15 is 0 Å². The van der Waals surface area contributed by atoms with Crippen molar-refractivity contribution in [2.45, 2.75) is 11.4 Å². The summed E-state index contributed by atoms with van der Waals surface area (Å²) in [5.41, 5.74) is 2.96. The Labute approximate surface area is 176 Å². The molecule has 0 fully saturated rings. The van der Waals surface area contributed by atoms with E-state index < -0.39 is 6.23 Å². The maximum Gasteiger partial charge on any atom is 0.247 e. The fourth-order valence-electron chi connectivity index (χ4n) is 3.12. The highest BCUT2D eigenvalue weighted by Crippen LogP contribution is 2.44. The van der Waals surface area contributed by atoms with Crippen LogP contribution >= 0.6 is 23.4 Å². The molecule has 2 aliphatic heterocycles. The number of ether oxygens (including phenoxy) is 3. The van der Waals surface area contributed by atoms with Crippen LogP contribution in [0.4, 0.5) is 5.69 Å². The van der Waals surface area contributed by atoms with E-state index in [-0.39, 0.29) is 6.79 Å². The molecule has 0 unspecified atom stereocenters. The zero-order valence-electron chi connectivity index (χ0n) is 15.1. The topological polar surface area (TPSA) is 78.4 Å². The van der Waals surface area contributed by atoms with Crippen molar-refractivity contribution in [2.24, 2.45) is 0 Å². The minimum atomic E-state index is -0.603. The highest BCUT2D eigenvalue weighted by molar-refractivity contribution is 7.99. The second-order valence-corrected chi connectivity index (χ2v) is 7.66. The van der Waals surface area contributed by atoms with Crippen molar-refractivity contribution in [3.05, 3.63) is 59.6 Å². The third kappa shape index (κ3) is 3.34. The van der Waals surface area contributed by atoms with Gasteiger partial charge in [0.15, 0.2) is 23.4 Å². The molecule has 0 bridgehead atoms. The smallest absolute Gasteiger partial charge is 0.247 e. The van der Waals surface area contributed by atoms with Gasteiger partial charge in [0, 0.05) is 28.6 Å². The summed E-state index contributed by atoms with van der Waals surface area (Å²) in [5.74, 6) is 2.28. The van der Waals surface area contributed by atoms with Gasteiger partial charge in [-0.1, -0.05) is 47.6 Å². The van der Waals surface area contributed by atoms with Crippen LogP contribution in [0.5, 0.6) is 17.4 Å². The summed E-state index contributed by atoms with van der Waals surface area (Å²) in [6, 6.07) is 11.3. The van der Waals surface area contributed by atoms with Gasteiger partial charge in [0.05, 0.1) is 5.02 Å². The van der Waals surface area contributed by atoms with Gasteiger partial charge in [-0.15, -0.1) is 16.8 Å². The standard InChI is InChI=1S/C20H15ClN4O3S/c1-2-7-29-20-23-19-17(24-25-20)11-5-3-4-6-14(11)22-18(28-19)12-8-15-16(9-13(12)21)27-10-26-15/h2-6,8-9,18,22H,1,7,10H2/t18-/m0/s1. The van der Waals surface area contributed by atoms with Crippen molar-refractivity contribution >= 4 is 29.1 Å². The number of rotatable bonds is 4. The molecule has 3 heterocycles. The Morgan fingerprint density at radius 1 is 1.21 bits per heavy atom. The SMILES string of the molecule is C=CCSc1nnc2c(n1)O[C@@H](c1cc3c(cc1Cl)OCO3)Nc1ccccc1-2. The van der Waals surface area contributed by atoms with Crippen LogP contribution in [0.3, 0.4) is 0 Å². The summed E-state index contributed by atoms with van der Waals surface area (Å²) >= 11 is 7.96. The third-order valence-electron chi connectivity index (χ3n) is 4.44. The van der Waals surface area contributed by atoms with Crippen LogP contribution in [0.1, 0.15) is 11.8 Å².